The first kappa shape index (κ1) is 16.4. The number of benzene rings is 1. The highest BCUT2D eigenvalue weighted by Crippen LogP contribution is 2.31. The normalized spacial score (nSPS) is 11.6. The fourth-order valence-corrected chi connectivity index (χ4v) is 2.16. The largest absolute Gasteiger partial charge is 0.497 e. The number of carboxylic acid groups (broad SMARTS) is 1. The van der Waals surface area contributed by atoms with Gasteiger partial charge in [-0.2, -0.15) is 0 Å². The van der Waals surface area contributed by atoms with Crippen molar-refractivity contribution in [2.45, 2.75) is 12.5 Å². The van der Waals surface area contributed by atoms with Crippen molar-refractivity contribution in [1.29, 1.82) is 0 Å². The Hall–Kier alpha value is -2.96. The Morgan fingerprint density at radius 1 is 1.26 bits per heavy atom. The van der Waals surface area contributed by atoms with E-state index in [-0.39, 0.29) is 12.2 Å². The van der Waals surface area contributed by atoms with Crippen LogP contribution in [0.15, 0.2) is 41.0 Å². The zero-order valence-corrected chi connectivity index (χ0v) is 12.7. The summed E-state index contributed by atoms with van der Waals surface area (Å²) in [6.07, 6.45) is 1.07. The van der Waals surface area contributed by atoms with Crippen molar-refractivity contribution in [3.05, 3.63) is 47.9 Å². The van der Waals surface area contributed by atoms with Gasteiger partial charge in [0.25, 0.3) is 5.91 Å². The minimum atomic E-state index is -1.05. The molecule has 2 N–H and O–H groups in total. The quantitative estimate of drug-likeness (QED) is 0.812. The lowest BCUT2D eigenvalue weighted by atomic mass is 10.0. The smallest absolute Gasteiger partial charge is 0.305 e. The average Bonchev–Trinajstić information content (AvgIpc) is 3.07. The van der Waals surface area contributed by atoms with Gasteiger partial charge in [0.1, 0.15) is 11.5 Å². The van der Waals surface area contributed by atoms with Crippen LogP contribution in [0.4, 0.5) is 0 Å². The summed E-state index contributed by atoms with van der Waals surface area (Å²) in [7, 11) is 2.98. The van der Waals surface area contributed by atoms with Gasteiger partial charge in [-0.1, -0.05) is 0 Å². The maximum Gasteiger partial charge on any atom is 0.305 e. The number of methoxy groups -OCH3 is 2. The number of furan rings is 1. The summed E-state index contributed by atoms with van der Waals surface area (Å²) in [4.78, 5) is 23.3. The van der Waals surface area contributed by atoms with Crippen LogP contribution in [0.5, 0.6) is 11.5 Å². The molecule has 1 amide bonds. The van der Waals surface area contributed by atoms with Gasteiger partial charge in [-0.15, -0.1) is 0 Å². The molecule has 1 atom stereocenters. The van der Waals surface area contributed by atoms with Crippen molar-refractivity contribution in [2.75, 3.05) is 14.2 Å². The number of amides is 1. The fourth-order valence-electron chi connectivity index (χ4n) is 2.16. The second kappa shape index (κ2) is 7.35. The first-order valence-corrected chi connectivity index (χ1v) is 6.83. The van der Waals surface area contributed by atoms with Gasteiger partial charge in [-0.05, 0) is 24.3 Å². The lowest BCUT2D eigenvalue weighted by Gasteiger charge is -2.20. The van der Waals surface area contributed by atoms with Crippen molar-refractivity contribution < 1.29 is 28.6 Å². The molecule has 2 aromatic rings. The highest BCUT2D eigenvalue weighted by atomic mass is 16.5. The molecular weight excluding hydrogens is 302 g/mol. The molecule has 0 spiro atoms. The van der Waals surface area contributed by atoms with Gasteiger partial charge in [-0.25, -0.2) is 0 Å². The lowest BCUT2D eigenvalue weighted by molar-refractivity contribution is -0.137. The zero-order chi connectivity index (χ0) is 16.8. The first-order chi connectivity index (χ1) is 11.0. The van der Waals surface area contributed by atoms with Crippen LogP contribution in [0.2, 0.25) is 0 Å². The van der Waals surface area contributed by atoms with E-state index in [1.807, 2.05) is 0 Å². The molecule has 23 heavy (non-hydrogen) atoms. The van der Waals surface area contributed by atoms with Gasteiger partial charge in [0.05, 0.1) is 32.9 Å². The molecule has 0 radical (unpaired) electrons. The summed E-state index contributed by atoms with van der Waals surface area (Å²) >= 11 is 0. The van der Waals surface area contributed by atoms with Crippen molar-refractivity contribution in [1.82, 2.24) is 5.32 Å². The van der Waals surface area contributed by atoms with Crippen LogP contribution in [0.3, 0.4) is 0 Å². The molecule has 0 aliphatic heterocycles. The monoisotopic (exact) mass is 319 g/mol. The second-order valence-electron chi connectivity index (χ2n) is 4.71. The van der Waals surface area contributed by atoms with Crippen LogP contribution in [0.25, 0.3) is 0 Å². The molecule has 2 rings (SSSR count). The number of carbonyl (C=O) groups excluding carboxylic acids is 1. The third-order valence-electron chi connectivity index (χ3n) is 3.25. The Morgan fingerprint density at radius 3 is 2.61 bits per heavy atom. The van der Waals surface area contributed by atoms with E-state index in [1.54, 1.807) is 24.3 Å². The second-order valence-corrected chi connectivity index (χ2v) is 4.71. The van der Waals surface area contributed by atoms with Crippen molar-refractivity contribution >= 4 is 11.9 Å². The Bertz CT molecular complexity index is 680. The molecule has 122 valence electrons. The van der Waals surface area contributed by atoms with Crippen molar-refractivity contribution in [2.24, 2.45) is 0 Å². The summed E-state index contributed by atoms with van der Waals surface area (Å²) in [6.45, 7) is 0. The van der Waals surface area contributed by atoms with E-state index in [9.17, 15) is 9.59 Å². The number of aliphatic carboxylic acids is 1. The van der Waals surface area contributed by atoms with Crippen molar-refractivity contribution in [3.8, 4) is 11.5 Å². The Morgan fingerprint density at radius 2 is 2.04 bits per heavy atom. The summed E-state index contributed by atoms with van der Waals surface area (Å²) in [5.74, 6) is -0.452. The molecule has 0 fully saturated rings. The van der Waals surface area contributed by atoms with Gasteiger partial charge >= 0.3 is 5.97 Å². The molecule has 0 saturated heterocycles. The number of rotatable bonds is 7. The topological polar surface area (TPSA) is 98.0 Å². The number of nitrogens with one attached hydrogen (secondary N) is 1. The van der Waals surface area contributed by atoms with Crippen LogP contribution in [0.1, 0.15) is 28.6 Å². The minimum absolute atomic E-state index is 0.105. The first-order valence-electron chi connectivity index (χ1n) is 6.83. The number of hydrogen-bond acceptors (Lipinski definition) is 5. The molecular formula is C16H17NO6. The van der Waals surface area contributed by atoms with E-state index in [1.165, 1.54) is 26.5 Å². The van der Waals surface area contributed by atoms with E-state index < -0.39 is 17.9 Å². The standard InChI is InChI=1S/C16H17NO6/c1-21-10-5-6-11(14(8-10)22-2)12(9-15(18)19)17-16(20)13-4-3-7-23-13/h3-8,12H,9H2,1-2H3,(H,17,20)(H,18,19). The highest BCUT2D eigenvalue weighted by Gasteiger charge is 2.23. The molecule has 7 heteroatoms. The van der Waals surface area contributed by atoms with E-state index in [2.05, 4.69) is 5.32 Å². The van der Waals surface area contributed by atoms with Gasteiger partial charge in [0.2, 0.25) is 0 Å². The van der Waals surface area contributed by atoms with Gasteiger partial charge in [0, 0.05) is 11.6 Å². The molecule has 1 unspecified atom stereocenters. The van der Waals surface area contributed by atoms with E-state index in [0.29, 0.717) is 17.1 Å². The number of hydrogen-bond donors (Lipinski definition) is 2. The van der Waals surface area contributed by atoms with Crippen LogP contribution in [-0.4, -0.2) is 31.2 Å². The highest BCUT2D eigenvalue weighted by molar-refractivity contribution is 5.92. The predicted molar refractivity (Wildman–Crippen MR) is 80.7 cm³/mol. The van der Waals surface area contributed by atoms with Gasteiger partial charge < -0.3 is 24.3 Å². The molecule has 1 aromatic carbocycles. The third-order valence-corrected chi connectivity index (χ3v) is 3.25. The molecule has 0 saturated carbocycles. The fraction of sp³-hybridized carbons (Fsp3) is 0.250. The SMILES string of the molecule is COc1ccc(C(CC(=O)O)NC(=O)c2ccco2)c(OC)c1. The molecule has 0 aliphatic carbocycles. The summed E-state index contributed by atoms with van der Waals surface area (Å²) in [5, 5.41) is 11.8. The van der Waals surface area contributed by atoms with Gasteiger partial charge in [0.15, 0.2) is 5.76 Å². The molecule has 0 bridgehead atoms. The predicted octanol–water partition coefficient (Wildman–Crippen LogP) is 2.24. The van der Waals surface area contributed by atoms with Gasteiger partial charge in [-0.3, -0.25) is 9.59 Å². The molecule has 7 nitrogen and oxygen atoms in total. The maximum atomic E-state index is 12.1. The Balaban J connectivity index is 2.31. The molecule has 0 aliphatic rings. The summed E-state index contributed by atoms with van der Waals surface area (Å²) in [5.41, 5.74) is 0.538. The van der Waals surface area contributed by atoms with E-state index in [0.717, 1.165) is 0 Å². The Kier molecular flexibility index (Phi) is 5.24. The minimum Gasteiger partial charge on any atom is -0.497 e. The van der Waals surface area contributed by atoms with Crippen LogP contribution in [0, 0.1) is 0 Å². The molecule has 1 heterocycles. The maximum absolute atomic E-state index is 12.1. The van der Waals surface area contributed by atoms with Crippen molar-refractivity contribution in [3.63, 3.8) is 0 Å². The van der Waals surface area contributed by atoms with E-state index >= 15 is 0 Å². The molecule has 1 aromatic heterocycles. The average molecular weight is 319 g/mol. The summed E-state index contributed by atoms with van der Waals surface area (Å²) in [6, 6.07) is 7.27. The van der Waals surface area contributed by atoms with Crippen LogP contribution in [-0.2, 0) is 4.79 Å². The number of carbonyl (C=O) groups is 2. The summed E-state index contributed by atoms with van der Waals surface area (Å²) < 4.78 is 15.4. The Labute approximate surface area is 132 Å². The van der Waals surface area contributed by atoms with Crippen LogP contribution < -0.4 is 14.8 Å². The number of ether oxygens (including phenoxy) is 2. The van der Waals surface area contributed by atoms with Crippen LogP contribution >= 0.6 is 0 Å². The van der Waals surface area contributed by atoms with E-state index in [4.69, 9.17) is 19.0 Å². The lowest BCUT2D eigenvalue weighted by Crippen LogP contribution is -2.30. The zero-order valence-electron chi connectivity index (χ0n) is 12.7. The third kappa shape index (κ3) is 4.03. The number of carboxylic acids is 1.